The quantitative estimate of drug-likeness (QED) is 0.896. The summed E-state index contributed by atoms with van der Waals surface area (Å²) in [6.45, 7) is 0. The Morgan fingerprint density at radius 2 is 1.89 bits per heavy atom. The molecule has 0 atom stereocenters. The van der Waals surface area contributed by atoms with E-state index in [9.17, 15) is 0 Å². The maximum absolute atomic E-state index is 5.91. The van der Waals surface area contributed by atoms with Crippen LogP contribution in [0.15, 0.2) is 28.7 Å². The summed E-state index contributed by atoms with van der Waals surface area (Å²) in [5.74, 6) is 2.14. The highest BCUT2D eigenvalue weighted by molar-refractivity contribution is 9.10. The third-order valence-electron chi connectivity index (χ3n) is 3.18. The van der Waals surface area contributed by atoms with Crippen LogP contribution in [0.25, 0.3) is 11.4 Å². The van der Waals surface area contributed by atoms with Crippen molar-refractivity contribution in [2.75, 3.05) is 12.4 Å². The molecule has 1 saturated carbocycles. The van der Waals surface area contributed by atoms with Crippen LogP contribution in [0.4, 0.5) is 5.82 Å². The largest absolute Gasteiger partial charge is 0.372 e. The molecule has 1 aromatic heterocycles. The molecule has 1 aromatic carbocycles. The summed E-state index contributed by atoms with van der Waals surface area (Å²) >= 11 is 9.51. The van der Waals surface area contributed by atoms with Gasteiger partial charge in [-0.1, -0.05) is 11.6 Å². The van der Waals surface area contributed by atoms with E-state index in [1.165, 1.54) is 12.8 Å². The van der Waals surface area contributed by atoms with Gasteiger partial charge in [-0.25, -0.2) is 9.97 Å². The summed E-state index contributed by atoms with van der Waals surface area (Å²) in [5, 5.41) is 3.84. The molecule has 19 heavy (non-hydrogen) atoms. The van der Waals surface area contributed by atoms with Gasteiger partial charge in [0.25, 0.3) is 0 Å². The van der Waals surface area contributed by atoms with Gasteiger partial charge in [0, 0.05) is 23.6 Å². The first-order valence-electron chi connectivity index (χ1n) is 6.20. The van der Waals surface area contributed by atoms with E-state index in [1.807, 2.05) is 31.3 Å². The van der Waals surface area contributed by atoms with E-state index in [2.05, 4.69) is 26.2 Å². The SMILES string of the molecule is CNc1nc(-c2ccc(Cl)cc2)nc(C2CC2)c1Br. The molecule has 3 rings (SSSR count). The second kappa shape index (κ2) is 5.10. The molecule has 3 nitrogen and oxygen atoms in total. The first-order chi connectivity index (χ1) is 9.19. The smallest absolute Gasteiger partial charge is 0.161 e. The third-order valence-corrected chi connectivity index (χ3v) is 4.21. The molecule has 0 unspecified atom stereocenters. The maximum Gasteiger partial charge on any atom is 0.161 e. The maximum atomic E-state index is 5.91. The van der Waals surface area contributed by atoms with Gasteiger partial charge in [0.05, 0.1) is 10.2 Å². The van der Waals surface area contributed by atoms with Gasteiger partial charge < -0.3 is 5.32 Å². The van der Waals surface area contributed by atoms with Crippen molar-refractivity contribution in [2.45, 2.75) is 18.8 Å². The van der Waals surface area contributed by atoms with Gasteiger partial charge in [0.15, 0.2) is 5.82 Å². The van der Waals surface area contributed by atoms with Gasteiger partial charge in [0.2, 0.25) is 0 Å². The molecule has 0 bridgehead atoms. The van der Waals surface area contributed by atoms with E-state index < -0.39 is 0 Å². The molecule has 0 saturated heterocycles. The number of rotatable bonds is 3. The topological polar surface area (TPSA) is 37.8 Å². The van der Waals surface area contributed by atoms with Crippen molar-refractivity contribution in [2.24, 2.45) is 0 Å². The van der Waals surface area contributed by atoms with E-state index in [-0.39, 0.29) is 0 Å². The molecule has 1 aliphatic rings. The molecular weight excluding hydrogens is 326 g/mol. The zero-order valence-electron chi connectivity index (χ0n) is 10.5. The molecule has 2 aromatic rings. The number of benzene rings is 1. The Balaban J connectivity index is 2.10. The van der Waals surface area contributed by atoms with Crippen molar-refractivity contribution in [3.05, 3.63) is 39.5 Å². The summed E-state index contributed by atoms with van der Waals surface area (Å²) in [4.78, 5) is 9.25. The number of hydrogen-bond acceptors (Lipinski definition) is 3. The molecule has 0 amide bonds. The van der Waals surface area contributed by atoms with Gasteiger partial charge in [-0.15, -0.1) is 0 Å². The second-order valence-corrected chi connectivity index (χ2v) is 5.86. The minimum Gasteiger partial charge on any atom is -0.372 e. The highest BCUT2D eigenvalue weighted by atomic mass is 79.9. The van der Waals surface area contributed by atoms with Gasteiger partial charge in [0.1, 0.15) is 5.82 Å². The first-order valence-corrected chi connectivity index (χ1v) is 7.37. The third kappa shape index (κ3) is 2.60. The predicted octanol–water partition coefficient (Wildman–Crippen LogP) is 4.48. The van der Waals surface area contributed by atoms with Gasteiger partial charge in [-0.3, -0.25) is 0 Å². The zero-order chi connectivity index (χ0) is 13.4. The number of halogens is 2. The monoisotopic (exact) mass is 337 g/mol. The van der Waals surface area contributed by atoms with E-state index in [0.717, 1.165) is 32.4 Å². The Hall–Kier alpha value is -1.13. The lowest BCUT2D eigenvalue weighted by molar-refractivity contribution is 0.980. The highest BCUT2D eigenvalue weighted by Crippen LogP contribution is 2.44. The molecule has 1 fully saturated rings. The van der Waals surface area contributed by atoms with Crippen LogP contribution in [0.5, 0.6) is 0 Å². The van der Waals surface area contributed by atoms with Crippen molar-refractivity contribution < 1.29 is 0 Å². The summed E-state index contributed by atoms with van der Waals surface area (Å²) in [6, 6.07) is 7.61. The van der Waals surface area contributed by atoms with Crippen molar-refractivity contribution >= 4 is 33.3 Å². The lowest BCUT2D eigenvalue weighted by Gasteiger charge is -2.10. The Morgan fingerprint density at radius 1 is 1.21 bits per heavy atom. The van der Waals surface area contributed by atoms with Gasteiger partial charge >= 0.3 is 0 Å². The molecule has 0 spiro atoms. The van der Waals surface area contributed by atoms with Crippen LogP contribution in [0.3, 0.4) is 0 Å². The van der Waals surface area contributed by atoms with E-state index in [0.29, 0.717) is 5.92 Å². The van der Waals surface area contributed by atoms with Crippen molar-refractivity contribution in [1.29, 1.82) is 0 Å². The Bertz CT molecular complexity index is 609. The molecule has 5 heteroatoms. The molecule has 1 heterocycles. The van der Waals surface area contributed by atoms with Crippen LogP contribution in [0.2, 0.25) is 5.02 Å². The molecular formula is C14H13BrClN3. The fourth-order valence-corrected chi connectivity index (χ4v) is 2.81. The predicted molar refractivity (Wildman–Crippen MR) is 81.7 cm³/mol. The summed E-state index contributed by atoms with van der Waals surface area (Å²) in [6.07, 6.45) is 2.41. The second-order valence-electron chi connectivity index (χ2n) is 4.63. The van der Waals surface area contributed by atoms with Gasteiger partial charge in [-0.2, -0.15) is 0 Å². The molecule has 1 N–H and O–H groups in total. The Morgan fingerprint density at radius 3 is 2.47 bits per heavy atom. The van der Waals surface area contributed by atoms with Crippen LogP contribution >= 0.6 is 27.5 Å². The lowest BCUT2D eigenvalue weighted by Crippen LogP contribution is -2.02. The number of hydrogen-bond donors (Lipinski definition) is 1. The summed E-state index contributed by atoms with van der Waals surface area (Å²) in [5.41, 5.74) is 2.08. The Kier molecular flexibility index (Phi) is 3.46. The number of nitrogens with zero attached hydrogens (tertiary/aromatic N) is 2. The summed E-state index contributed by atoms with van der Waals surface area (Å²) in [7, 11) is 1.87. The zero-order valence-corrected chi connectivity index (χ0v) is 12.8. The first kappa shape index (κ1) is 12.9. The Labute approximate surface area is 125 Å². The fraction of sp³-hybridized carbons (Fsp3) is 0.286. The van der Waals surface area contributed by atoms with E-state index >= 15 is 0 Å². The summed E-state index contributed by atoms with van der Waals surface area (Å²) < 4.78 is 0.982. The standard InChI is InChI=1S/C14H13BrClN3/c1-17-14-11(15)12(8-2-3-8)18-13(19-14)9-4-6-10(16)7-5-9/h4-8H,2-3H2,1H3,(H,17,18,19). The minimum atomic E-state index is 0.565. The molecule has 0 radical (unpaired) electrons. The van der Waals surface area contributed by atoms with Crippen LogP contribution in [-0.2, 0) is 0 Å². The van der Waals surface area contributed by atoms with Crippen LogP contribution in [0.1, 0.15) is 24.5 Å². The van der Waals surface area contributed by atoms with Crippen molar-refractivity contribution in [3.8, 4) is 11.4 Å². The number of anilines is 1. The molecule has 0 aliphatic heterocycles. The van der Waals surface area contributed by atoms with Crippen molar-refractivity contribution in [1.82, 2.24) is 9.97 Å². The van der Waals surface area contributed by atoms with E-state index in [4.69, 9.17) is 16.6 Å². The van der Waals surface area contributed by atoms with Crippen LogP contribution in [-0.4, -0.2) is 17.0 Å². The normalized spacial score (nSPS) is 14.5. The average molecular weight is 339 g/mol. The van der Waals surface area contributed by atoms with Gasteiger partial charge in [-0.05, 0) is 53.0 Å². The lowest BCUT2D eigenvalue weighted by atomic mass is 10.2. The van der Waals surface area contributed by atoms with Crippen molar-refractivity contribution in [3.63, 3.8) is 0 Å². The van der Waals surface area contributed by atoms with E-state index in [1.54, 1.807) is 0 Å². The fourth-order valence-electron chi connectivity index (χ4n) is 1.99. The van der Waals surface area contributed by atoms with Crippen LogP contribution < -0.4 is 5.32 Å². The molecule has 98 valence electrons. The number of nitrogens with one attached hydrogen (secondary N) is 1. The number of aromatic nitrogens is 2. The minimum absolute atomic E-state index is 0.565. The highest BCUT2D eigenvalue weighted by Gasteiger charge is 2.29. The van der Waals surface area contributed by atoms with Crippen LogP contribution in [0, 0.1) is 0 Å². The average Bonchev–Trinajstić information content (AvgIpc) is 3.24. The molecule has 1 aliphatic carbocycles.